The minimum absolute atomic E-state index is 0.162. The SMILES string of the molecule is C=C(Cl)CNCc1ccc(F)c(C(F)(F)F)c1. The third-order valence-electron chi connectivity index (χ3n) is 1.98. The Morgan fingerprint density at radius 2 is 2.00 bits per heavy atom. The van der Waals surface area contributed by atoms with E-state index in [-0.39, 0.29) is 13.1 Å². The van der Waals surface area contributed by atoms with E-state index in [1.165, 1.54) is 6.07 Å². The Balaban J connectivity index is 2.79. The third kappa shape index (κ3) is 4.36. The predicted molar refractivity (Wildman–Crippen MR) is 58.1 cm³/mol. The zero-order chi connectivity index (χ0) is 13.1. The van der Waals surface area contributed by atoms with Crippen LogP contribution in [-0.4, -0.2) is 6.54 Å². The highest BCUT2D eigenvalue weighted by Gasteiger charge is 2.34. The fourth-order valence-electron chi connectivity index (χ4n) is 1.24. The van der Waals surface area contributed by atoms with Gasteiger partial charge in [-0.3, -0.25) is 0 Å². The zero-order valence-corrected chi connectivity index (χ0v) is 9.50. The van der Waals surface area contributed by atoms with Crippen LogP contribution >= 0.6 is 11.6 Å². The van der Waals surface area contributed by atoms with E-state index in [1.54, 1.807) is 0 Å². The molecule has 0 amide bonds. The number of rotatable bonds is 4. The van der Waals surface area contributed by atoms with E-state index in [0.29, 0.717) is 10.6 Å². The van der Waals surface area contributed by atoms with Crippen LogP contribution in [0.25, 0.3) is 0 Å². The Morgan fingerprint density at radius 3 is 2.53 bits per heavy atom. The van der Waals surface area contributed by atoms with Crippen LogP contribution in [0.2, 0.25) is 0 Å². The van der Waals surface area contributed by atoms with Gasteiger partial charge in [-0.2, -0.15) is 13.2 Å². The van der Waals surface area contributed by atoms with Crippen LogP contribution in [0.15, 0.2) is 29.8 Å². The maximum atomic E-state index is 12.9. The van der Waals surface area contributed by atoms with Gasteiger partial charge in [0.2, 0.25) is 0 Å². The average Bonchev–Trinajstić information content (AvgIpc) is 2.18. The van der Waals surface area contributed by atoms with Crippen molar-refractivity contribution in [3.05, 3.63) is 46.8 Å². The van der Waals surface area contributed by atoms with E-state index >= 15 is 0 Å². The topological polar surface area (TPSA) is 12.0 Å². The minimum atomic E-state index is -4.68. The number of nitrogens with one attached hydrogen (secondary N) is 1. The van der Waals surface area contributed by atoms with Gasteiger partial charge >= 0.3 is 6.18 Å². The van der Waals surface area contributed by atoms with Crippen molar-refractivity contribution >= 4 is 11.6 Å². The fraction of sp³-hybridized carbons (Fsp3) is 0.273. The number of halogens is 5. The van der Waals surface area contributed by atoms with Gasteiger partial charge in [0.05, 0.1) is 5.56 Å². The second-order valence-electron chi connectivity index (χ2n) is 3.43. The van der Waals surface area contributed by atoms with Crippen LogP contribution in [0, 0.1) is 5.82 Å². The van der Waals surface area contributed by atoms with Gasteiger partial charge in [0, 0.05) is 18.1 Å². The lowest BCUT2D eigenvalue weighted by atomic mass is 10.1. The monoisotopic (exact) mass is 267 g/mol. The van der Waals surface area contributed by atoms with Crippen molar-refractivity contribution in [2.45, 2.75) is 12.7 Å². The largest absolute Gasteiger partial charge is 0.419 e. The van der Waals surface area contributed by atoms with Gasteiger partial charge in [-0.1, -0.05) is 24.2 Å². The second-order valence-corrected chi connectivity index (χ2v) is 3.97. The molecule has 0 aliphatic carbocycles. The predicted octanol–water partition coefficient (Wildman–Crippen LogP) is 3.69. The first-order chi connectivity index (χ1) is 7.80. The van der Waals surface area contributed by atoms with Gasteiger partial charge in [0.1, 0.15) is 5.82 Å². The smallest absolute Gasteiger partial charge is 0.308 e. The molecule has 1 rings (SSSR count). The maximum Gasteiger partial charge on any atom is 0.419 e. The Labute approximate surface area is 101 Å². The highest BCUT2D eigenvalue weighted by Crippen LogP contribution is 2.31. The van der Waals surface area contributed by atoms with Crippen LogP contribution in [0.1, 0.15) is 11.1 Å². The molecule has 0 unspecified atom stereocenters. The van der Waals surface area contributed by atoms with Gasteiger partial charge in [-0.15, -0.1) is 0 Å². The molecular formula is C11H10ClF4N. The molecule has 0 spiro atoms. The van der Waals surface area contributed by atoms with E-state index in [0.717, 1.165) is 12.1 Å². The molecule has 0 saturated carbocycles. The van der Waals surface area contributed by atoms with Crippen molar-refractivity contribution in [1.29, 1.82) is 0 Å². The Morgan fingerprint density at radius 1 is 1.35 bits per heavy atom. The molecule has 0 aliphatic heterocycles. The summed E-state index contributed by atoms with van der Waals surface area (Å²) in [5.74, 6) is -1.27. The molecule has 1 aromatic carbocycles. The minimum Gasteiger partial charge on any atom is -0.308 e. The van der Waals surface area contributed by atoms with Crippen molar-refractivity contribution in [2.24, 2.45) is 0 Å². The van der Waals surface area contributed by atoms with Crippen molar-refractivity contribution in [3.63, 3.8) is 0 Å². The number of benzene rings is 1. The molecule has 1 N–H and O–H groups in total. The number of hydrogen-bond donors (Lipinski definition) is 1. The standard InChI is InChI=1S/C11H10ClF4N/c1-7(12)5-17-6-8-2-3-10(13)9(4-8)11(14,15)16/h2-4,17H,1,5-6H2. The summed E-state index contributed by atoms with van der Waals surface area (Å²) in [7, 11) is 0. The molecule has 17 heavy (non-hydrogen) atoms. The highest BCUT2D eigenvalue weighted by atomic mass is 35.5. The average molecular weight is 268 g/mol. The summed E-state index contributed by atoms with van der Waals surface area (Å²) in [5, 5.41) is 3.13. The van der Waals surface area contributed by atoms with Gasteiger partial charge in [0.15, 0.2) is 0 Å². The van der Waals surface area contributed by atoms with Crippen LogP contribution in [0.3, 0.4) is 0 Å². The molecule has 0 bridgehead atoms. The first-order valence-electron chi connectivity index (χ1n) is 4.70. The first kappa shape index (κ1) is 14.0. The Bertz CT molecular complexity index is 414. The quantitative estimate of drug-likeness (QED) is 0.821. The van der Waals surface area contributed by atoms with Crippen LogP contribution < -0.4 is 5.32 Å². The summed E-state index contributed by atoms with van der Waals surface area (Å²) in [6, 6.07) is 2.86. The lowest BCUT2D eigenvalue weighted by Crippen LogP contribution is -2.16. The van der Waals surface area contributed by atoms with Crippen molar-refractivity contribution in [2.75, 3.05) is 6.54 Å². The molecule has 1 aromatic rings. The van der Waals surface area contributed by atoms with Gasteiger partial charge < -0.3 is 5.32 Å². The molecule has 0 aromatic heterocycles. The lowest BCUT2D eigenvalue weighted by Gasteiger charge is -2.10. The van der Waals surface area contributed by atoms with Crippen LogP contribution in [0.4, 0.5) is 17.6 Å². The van der Waals surface area contributed by atoms with Crippen molar-refractivity contribution in [3.8, 4) is 0 Å². The third-order valence-corrected chi connectivity index (χ3v) is 2.12. The first-order valence-corrected chi connectivity index (χ1v) is 5.08. The molecular weight excluding hydrogens is 258 g/mol. The molecule has 0 radical (unpaired) electrons. The van der Waals surface area contributed by atoms with Gasteiger partial charge in [0.25, 0.3) is 0 Å². The molecule has 1 nitrogen and oxygen atoms in total. The van der Waals surface area contributed by atoms with Crippen molar-refractivity contribution in [1.82, 2.24) is 5.32 Å². The fourth-order valence-corrected chi connectivity index (χ4v) is 1.34. The summed E-state index contributed by atoms with van der Waals surface area (Å²) in [4.78, 5) is 0. The molecule has 0 aliphatic rings. The molecule has 0 fully saturated rings. The van der Waals surface area contributed by atoms with E-state index in [2.05, 4.69) is 11.9 Å². The maximum absolute atomic E-state index is 12.9. The summed E-state index contributed by atoms with van der Waals surface area (Å²) in [6.45, 7) is 3.86. The zero-order valence-electron chi connectivity index (χ0n) is 8.74. The van der Waals surface area contributed by atoms with E-state index < -0.39 is 17.6 Å². The Kier molecular flexibility index (Phi) is 4.54. The van der Waals surface area contributed by atoms with Crippen LogP contribution in [-0.2, 0) is 12.7 Å². The second kappa shape index (κ2) is 5.51. The summed E-state index contributed by atoms with van der Waals surface area (Å²) in [5.41, 5.74) is -0.932. The number of alkyl halides is 3. The van der Waals surface area contributed by atoms with E-state index in [1.807, 2.05) is 0 Å². The highest BCUT2D eigenvalue weighted by molar-refractivity contribution is 6.29. The lowest BCUT2D eigenvalue weighted by molar-refractivity contribution is -0.140. The number of hydrogen-bond acceptors (Lipinski definition) is 1. The van der Waals surface area contributed by atoms with E-state index in [4.69, 9.17) is 11.6 Å². The molecule has 0 heterocycles. The Hall–Kier alpha value is -1.07. The molecule has 0 atom stereocenters. The van der Waals surface area contributed by atoms with Crippen molar-refractivity contribution < 1.29 is 17.6 Å². The molecule has 6 heteroatoms. The molecule has 94 valence electrons. The van der Waals surface area contributed by atoms with Crippen LogP contribution in [0.5, 0.6) is 0 Å². The summed E-state index contributed by atoms with van der Waals surface area (Å²) in [6.07, 6.45) is -4.68. The molecule has 0 saturated heterocycles. The summed E-state index contributed by atoms with van der Waals surface area (Å²) >= 11 is 5.48. The normalized spacial score (nSPS) is 11.6. The van der Waals surface area contributed by atoms with Gasteiger partial charge in [-0.05, 0) is 17.7 Å². The van der Waals surface area contributed by atoms with E-state index in [9.17, 15) is 17.6 Å². The summed E-state index contributed by atoms with van der Waals surface area (Å²) < 4.78 is 50.1. The van der Waals surface area contributed by atoms with Gasteiger partial charge in [-0.25, -0.2) is 4.39 Å².